The fraction of sp³-hybridized carbons (Fsp3) is 0.267. The van der Waals surface area contributed by atoms with Gasteiger partial charge in [-0.15, -0.1) is 0 Å². The summed E-state index contributed by atoms with van der Waals surface area (Å²) in [5.41, 5.74) is 13.1. The molecule has 0 spiro atoms. The molecule has 200 valence electrons. The molecule has 1 amide bonds. The molecule has 1 heterocycles. The van der Waals surface area contributed by atoms with E-state index in [9.17, 15) is 4.79 Å². The fourth-order valence-electron chi connectivity index (χ4n) is 4.31. The van der Waals surface area contributed by atoms with E-state index < -0.39 is 0 Å². The number of amides is 1. The Kier molecular flexibility index (Phi) is 10.5. The number of hydrogen-bond acceptors (Lipinski definition) is 6. The minimum Gasteiger partial charge on any atom is -0.456 e. The van der Waals surface area contributed by atoms with Crippen LogP contribution in [-0.4, -0.2) is 39.2 Å². The van der Waals surface area contributed by atoms with Crippen LogP contribution in [0.4, 0.5) is 5.69 Å². The highest BCUT2D eigenvalue weighted by Crippen LogP contribution is 2.38. The summed E-state index contributed by atoms with van der Waals surface area (Å²) in [4.78, 5) is 33.7. The standard InChI is InChI=1S/C29H31N5O2.CO2/c1-20-8-14-24-26(18-20)36-27-19-23(34(2)3)13-15-25(27)28(24)21-9-11-22(12-10-21)29(35)31-16-6-4-5-7-17-32-33-30;2-1-3/h8-15,18-19H,1,4-7,16-17H2,2-3H3,(H,31,35);. The van der Waals surface area contributed by atoms with Gasteiger partial charge < -0.3 is 15.0 Å². The Bertz CT molecular complexity index is 1500. The van der Waals surface area contributed by atoms with Crippen molar-refractivity contribution < 1.29 is 19.1 Å². The minimum absolute atomic E-state index is 0.0780. The molecule has 0 atom stereocenters. The summed E-state index contributed by atoms with van der Waals surface area (Å²) < 4.78 is 6.28. The lowest BCUT2D eigenvalue weighted by atomic mass is 9.92. The van der Waals surface area contributed by atoms with Gasteiger partial charge in [0.15, 0.2) is 0 Å². The number of anilines is 1. The van der Waals surface area contributed by atoms with Gasteiger partial charge in [-0.2, -0.15) is 9.59 Å². The Hall–Kier alpha value is -4.84. The molecule has 9 nitrogen and oxygen atoms in total. The summed E-state index contributed by atoms with van der Waals surface area (Å²) in [6.07, 6.45) is 4.00. The zero-order chi connectivity index (χ0) is 28.2. The lowest BCUT2D eigenvalue weighted by molar-refractivity contribution is -0.191. The summed E-state index contributed by atoms with van der Waals surface area (Å²) in [6.45, 7) is 5.21. The minimum atomic E-state index is -0.0780. The molecule has 0 saturated carbocycles. The number of fused-ring (bicyclic) bond motifs is 2. The molecule has 39 heavy (non-hydrogen) atoms. The van der Waals surface area contributed by atoms with Gasteiger partial charge in [-0.3, -0.25) is 4.79 Å². The number of carbonyl (C=O) groups is 1. The molecule has 1 N–H and O–H groups in total. The van der Waals surface area contributed by atoms with Crippen molar-refractivity contribution in [1.29, 1.82) is 0 Å². The summed E-state index contributed by atoms with van der Waals surface area (Å²) >= 11 is 0. The molecular weight excluding hydrogens is 494 g/mol. The largest absolute Gasteiger partial charge is 0.456 e. The molecule has 1 aliphatic rings. The van der Waals surface area contributed by atoms with E-state index in [-0.39, 0.29) is 12.1 Å². The van der Waals surface area contributed by atoms with Crippen molar-refractivity contribution in [1.82, 2.24) is 5.32 Å². The van der Waals surface area contributed by atoms with Gasteiger partial charge in [-0.25, -0.2) is 0 Å². The average Bonchev–Trinajstić information content (AvgIpc) is 2.93. The molecule has 3 aromatic rings. The quantitative estimate of drug-likeness (QED) is 0.141. The van der Waals surface area contributed by atoms with Gasteiger partial charge in [0.2, 0.25) is 0 Å². The number of nitrogens with one attached hydrogen (secondary N) is 1. The van der Waals surface area contributed by atoms with E-state index >= 15 is 0 Å². The van der Waals surface area contributed by atoms with Gasteiger partial charge in [0, 0.05) is 65.8 Å². The first-order chi connectivity index (χ1) is 18.9. The van der Waals surface area contributed by atoms with E-state index in [1.54, 1.807) is 0 Å². The molecule has 0 aliphatic carbocycles. The third-order valence-electron chi connectivity index (χ3n) is 6.26. The third kappa shape index (κ3) is 7.58. The zero-order valence-electron chi connectivity index (χ0n) is 22.1. The first kappa shape index (κ1) is 28.7. The molecule has 0 unspecified atom stereocenters. The second-order valence-electron chi connectivity index (χ2n) is 9.17. The summed E-state index contributed by atoms with van der Waals surface area (Å²) in [7, 11) is 4.01. The molecule has 0 aromatic heterocycles. The number of azide groups is 1. The number of unbranched alkanes of at least 4 members (excludes halogenated alkanes) is 3. The van der Waals surface area contributed by atoms with Gasteiger partial charge in [-0.1, -0.05) is 48.8 Å². The predicted octanol–water partition coefficient (Wildman–Crippen LogP) is 4.53. The maximum atomic E-state index is 12.6. The van der Waals surface area contributed by atoms with Gasteiger partial charge in [0.25, 0.3) is 5.91 Å². The molecule has 0 fully saturated rings. The number of benzene rings is 3. The van der Waals surface area contributed by atoms with Crippen molar-refractivity contribution in [3.63, 3.8) is 0 Å². The van der Waals surface area contributed by atoms with Gasteiger partial charge >= 0.3 is 6.15 Å². The van der Waals surface area contributed by atoms with Crippen molar-refractivity contribution in [2.75, 3.05) is 32.1 Å². The Morgan fingerprint density at radius 3 is 2.41 bits per heavy atom. The van der Waals surface area contributed by atoms with Gasteiger partial charge in [0.05, 0.1) is 0 Å². The molecule has 3 aromatic carbocycles. The van der Waals surface area contributed by atoms with Crippen LogP contribution >= 0.6 is 0 Å². The van der Waals surface area contributed by atoms with Crippen molar-refractivity contribution in [2.45, 2.75) is 25.7 Å². The number of ether oxygens (including phenoxy) is 1. The Morgan fingerprint density at radius 1 is 1.00 bits per heavy atom. The van der Waals surface area contributed by atoms with Gasteiger partial charge in [-0.05, 0) is 59.5 Å². The van der Waals surface area contributed by atoms with Crippen molar-refractivity contribution >= 4 is 29.9 Å². The normalized spacial score (nSPS) is 10.9. The molecule has 0 saturated heterocycles. The summed E-state index contributed by atoms with van der Waals surface area (Å²) in [5.74, 6) is 1.50. The predicted molar refractivity (Wildman–Crippen MR) is 150 cm³/mol. The molecule has 0 bridgehead atoms. The summed E-state index contributed by atoms with van der Waals surface area (Å²) in [5, 5.41) is 8.43. The van der Waals surface area contributed by atoms with Crippen LogP contribution in [-0.2, 0) is 9.59 Å². The van der Waals surface area contributed by atoms with E-state index in [0.29, 0.717) is 18.7 Å². The highest BCUT2D eigenvalue weighted by atomic mass is 16.5. The number of rotatable bonds is 10. The van der Waals surface area contributed by atoms with E-state index in [1.807, 2.05) is 67.5 Å². The second kappa shape index (κ2) is 14.2. The summed E-state index contributed by atoms with van der Waals surface area (Å²) in [6, 6.07) is 19.9. The molecule has 1 aliphatic heterocycles. The smallest absolute Gasteiger partial charge is 0.373 e. The van der Waals surface area contributed by atoms with Crippen molar-refractivity contribution in [2.24, 2.45) is 5.11 Å². The highest BCUT2D eigenvalue weighted by Gasteiger charge is 2.21. The average molecular weight is 526 g/mol. The maximum absolute atomic E-state index is 12.6. The Morgan fingerprint density at radius 2 is 1.72 bits per heavy atom. The molecule has 9 heteroatoms. The van der Waals surface area contributed by atoms with E-state index in [2.05, 4.69) is 34.1 Å². The first-order valence-electron chi connectivity index (χ1n) is 12.6. The molecule has 0 radical (unpaired) electrons. The van der Waals surface area contributed by atoms with Crippen LogP contribution < -0.4 is 25.4 Å². The Labute approximate surface area is 227 Å². The lowest BCUT2D eigenvalue weighted by Crippen LogP contribution is -2.24. The lowest BCUT2D eigenvalue weighted by Gasteiger charge is -2.23. The van der Waals surface area contributed by atoms with Crippen LogP contribution in [0, 0.1) is 0 Å². The fourth-order valence-corrected chi connectivity index (χ4v) is 4.31. The van der Waals surface area contributed by atoms with Crippen LogP contribution in [0.3, 0.4) is 0 Å². The molecule has 4 rings (SSSR count). The number of carbonyl (C=O) groups excluding carboxylic acids is 3. The van der Waals surface area contributed by atoms with Crippen LogP contribution in [0.1, 0.15) is 47.2 Å². The number of hydrogen-bond donors (Lipinski definition) is 1. The van der Waals surface area contributed by atoms with E-state index in [4.69, 9.17) is 19.9 Å². The molecular formula is C30H31N5O4. The maximum Gasteiger partial charge on any atom is 0.373 e. The van der Waals surface area contributed by atoms with Crippen LogP contribution in [0.2, 0.25) is 0 Å². The van der Waals surface area contributed by atoms with Crippen LogP contribution in [0.25, 0.3) is 22.6 Å². The first-order valence-corrected chi connectivity index (χ1v) is 12.6. The third-order valence-corrected chi connectivity index (χ3v) is 6.26. The number of nitrogens with zero attached hydrogens (tertiary/aromatic N) is 4. The van der Waals surface area contributed by atoms with E-state index in [0.717, 1.165) is 70.0 Å². The van der Waals surface area contributed by atoms with Crippen LogP contribution in [0.15, 0.2) is 65.8 Å². The van der Waals surface area contributed by atoms with Crippen LogP contribution in [0.5, 0.6) is 11.5 Å². The monoisotopic (exact) mass is 525 g/mol. The topological polar surface area (TPSA) is 124 Å². The van der Waals surface area contributed by atoms with Crippen molar-refractivity contribution in [3.8, 4) is 11.5 Å². The highest BCUT2D eigenvalue weighted by molar-refractivity contribution is 5.95. The van der Waals surface area contributed by atoms with Gasteiger partial charge in [0.1, 0.15) is 11.5 Å². The zero-order valence-corrected chi connectivity index (χ0v) is 22.1. The van der Waals surface area contributed by atoms with E-state index in [1.165, 1.54) is 0 Å². The van der Waals surface area contributed by atoms with Crippen molar-refractivity contribution in [3.05, 3.63) is 98.2 Å². The SMILES string of the molecule is C=c1ccc2c(c1)Oc1cc(N(C)C)ccc1C=2c1ccc(C(=O)NCCCCCCN=[N+]=[N-])cc1.O=C=O. The Balaban J connectivity index is 0.00000134. The second-order valence-corrected chi connectivity index (χ2v) is 9.17.